The van der Waals surface area contributed by atoms with E-state index in [1.54, 1.807) is 19.1 Å². The van der Waals surface area contributed by atoms with Gasteiger partial charge in [-0.15, -0.1) is 11.3 Å². The molecular weight excluding hydrogens is 420 g/mol. The Labute approximate surface area is 182 Å². The van der Waals surface area contributed by atoms with Crippen molar-refractivity contribution in [3.8, 4) is 16.4 Å². The van der Waals surface area contributed by atoms with Crippen molar-refractivity contribution in [1.82, 2.24) is 14.8 Å². The minimum absolute atomic E-state index is 0.0163. The van der Waals surface area contributed by atoms with Crippen LogP contribution in [0.25, 0.3) is 16.4 Å². The molecule has 152 valence electrons. The molecule has 0 aliphatic rings. The SMILES string of the molecule is Cc1cccc(NC(=O)Cc2c(C)[nH]n(-c3nc(-c4ccc(Cl)cc4)cs3)c2=O)c1. The summed E-state index contributed by atoms with van der Waals surface area (Å²) in [5, 5.41) is 8.92. The van der Waals surface area contributed by atoms with Gasteiger partial charge < -0.3 is 5.32 Å². The van der Waals surface area contributed by atoms with Gasteiger partial charge in [-0.25, -0.2) is 4.98 Å². The number of thiazole rings is 1. The maximum atomic E-state index is 12.9. The molecule has 0 atom stereocenters. The van der Waals surface area contributed by atoms with E-state index in [2.05, 4.69) is 15.4 Å². The number of aryl methyl sites for hydroxylation is 2. The molecule has 4 aromatic rings. The van der Waals surface area contributed by atoms with Crippen LogP contribution in [0.4, 0.5) is 5.69 Å². The van der Waals surface area contributed by atoms with Gasteiger partial charge in [0.25, 0.3) is 5.56 Å². The maximum absolute atomic E-state index is 12.9. The molecule has 2 aromatic carbocycles. The van der Waals surface area contributed by atoms with Gasteiger partial charge in [0, 0.05) is 32.9 Å². The summed E-state index contributed by atoms with van der Waals surface area (Å²) in [4.78, 5) is 29.9. The molecule has 1 amide bonds. The van der Waals surface area contributed by atoms with E-state index in [1.807, 2.05) is 48.7 Å². The Bertz CT molecular complexity index is 1270. The van der Waals surface area contributed by atoms with Crippen LogP contribution >= 0.6 is 22.9 Å². The summed E-state index contributed by atoms with van der Waals surface area (Å²) in [6.45, 7) is 3.73. The Kier molecular flexibility index (Phi) is 5.57. The molecule has 0 bridgehead atoms. The second-order valence-electron chi connectivity index (χ2n) is 6.97. The molecule has 0 saturated carbocycles. The van der Waals surface area contributed by atoms with Crippen molar-refractivity contribution in [3.05, 3.63) is 86.1 Å². The molecule has 6 nitrogen and oxygen atoms in total. The van der Waals surface area contributed by atoms with Gasteiger partial charge in [-0.2, -0.15) is 4.68 Å². The van der Waals surface area contributed by atoms with E-state index in [0.29, 0.717) is 27.1 Å². The van der Waals surface area contributed by atoms with Gasteiger partial charge in [-0.05, 0) is 43.7 Å². The summed E-state index contributed by atoms with van der Waals surface area (Å²) in [7, 11) is 0. The molecule has 0 fully saturated rings. The van der Waals surface area contributed by atoms with Crippen LogP contribution in [0.15, 0.2) is 58.7 Å². The number of halogens is 1. The average molecular weight is 439 g/mol. The lowest BCUT2D eigenvalue weighted by atomic mass is 10.1. The zero-order valence-electron chi connectivity index (χ0n) is 16.4. The number of amides is 1. The van der Waals surface area contributed by atoms with Crippen LogP contribution in [-0.2, 0) is 11.2 Å². The van der Waals surface area contributed by atoms with Gasteiger partial charge in [0.2, 0.25) is 11.0 Å². The first kappa shape index (κ1) is 20.1. The topological polar surface area (TPSA) is 79.8 Å². The number of rotatable bonds is 5. The first-order valence-electron chi connectivity index (χ1n) is 9.29. The Hall–Kier alpha value is -3.16. The third-order valence-corrected chi connectivity index (χ3v) is 5.73. The molecule has 8 heteroatoms. The highest BCUT2D eigenvalue weighted by molar-refractivity contribution is 7.12. The number of hydrogen-bond donors (Lipinski definition) is 2. The van der Waals surface area contributed by atoms with Crippen molar-refractivity contribution in [2.24, 2.45) is 0 Å². The van der Waals surface area contributed by atoms with Gasteiger partial charge >= 0.3 is 0 Å². The molecule has 0 unspecified atom stereocenters. The Morgan fingerprint density at radius 2 is 1.97 bits per heavy atom. The lowest BCUT2D eigenvalue weighted by molar-refractivity contribution is -0.115. The number of carbonyl (C=O) groups is 1. The van der Waals surface area contributed by atoms with Crippen molar-refractivity contribution in [2.45, 2.75) is 20.3 Å². The van der Waals surface area contributed by atoms with E-state index >= 15 is 0 Å². The molecule has 4 rings (SSSR count). The summed E-state index contributed by atoms with van der Waals surface area (Å²) >= 11 is 7.29. The van der Waals surface area contributed by atoms with Gasteiger partial charge in [0.05, 0.1) is 12.1 Å². The van der Waals surface area contributed by atoms with Crippen LogP contribution in [0, 0.1) is 13.8 Å². The van der Waals surface area contributed by atoms with Crippen LogP contribution < -0.4 is 10.9 Å². The molecule has 0 spiro atoms. The third-order valence-electron chi connectivity index (χ3n) is 4.66. The second-order valence-corrected chi connectivity index (χ2v) is 8.25. The Balaban J connectivity index is 1.56. The zero-order valence-corrected chi connectivity index (χ0v) is 18.0. The van der Waals surface area contributed by atoms with Gasteiger partial charge in [-0.1, -0.05) is 35.9 Å². The molecule has 30 heavy (non-hydrogen) atoms. The minimum atomic E-state index is -0.274. The Morgan fingerprint density at radius 3 is 2.70 bits per heavy atom. The van der Waals surface area contributed by atoms with Crippen molar-refractivity contribution in [3.63, 3.8) is 0 Å². The van der Waals surface area contributed by atoms with Crippen molar-refractivity contribution < 1.29 is 4.79 Å². The van der Waals surface area contributed by atoms with Crippen LogP contribution in [0.2, 0.25) is 5.02 Å². The second kappa shape index (κ2) is 8.30. The number of carbonyl (C=O) groups excluding carboxylic acids is 1. The van der Waals surface area contributed by atoms with Gasteiger partial charge in [-0.3, -0.25) is 14.7 Å². The van der Waals surface area contributed by atoms with E-state index in [-0.39, 0.29) is 17.9 Å². The average Bonchev–Trinajstić information content (AvgIpc) is 3.29. The molecule has 2 aromatic heterocycles. The smallest absolute Gasteiger partial charge is 0.277 e. The minimum Gasteiger partial charge on any atom is -0.326 e. The molecule has 0 radical (unpaired) electrons. The fraction of sp³-hybridized carbons (Fsp3) is 0.136. The predicted molar refractivity (Wildman–Crippen MR) is 121 cm³/mol. The Morgan fingerprint density at radius 1 is 1.20 bits per heavy atom. The number of anilines is 1. The number of H-pyrrole nitrogens is 1. The number of hydrogen-bond acceptors (Lipinski definition) is 4. The largest absolute Gasteiger partial charge is 0.326 e. The van der Waals surface area contributed by atoms with Crippen LogP contribution in [0.3, 0.4) is 0 Å². The molecule has 2 heterocycles. The number of nitrogens with zero attached hydrogens (tertiary/aromatic N) is 2. The first-order chi connectivity index (χ1) is 14.4. The molecule has 0 aliphatic heterocycles. The lowest BCUT2D eigenvalue weighted by Gasteiger charge is -2.05. The van der Waals surface area contributed by atoms with Crippen LogP contribution in [0.5, 0.6) is 0 Å². The predicted octanol–water partition coefficient (Wildman–Crippen LogP) is 4.74. The molecular formula is C22H19ClN4O2S. The molecule has 2 N–H and O–H groups in total. The normalized spacial score (nSPS) is 10.9. The third kappa shape index (κ3) is 4.22. The summed E-state index contributed by atoms with van der Waals surface area (Å²) < 4.78 is 1.38. The number of aromatic nitrogens is 3. The highest BCUT2D eigenvalue weighted by atomic mass is 35.5. The molecule has 0 aliphatic carbocycles. The number of aromatic amines is 1. The fourth-order valence-corrected chi connectivity index (χ4v) is 4.05. The van der Waals surface area contributed by atoms with Crippen molar-refractivity contribution in [1.29, 1.82) is 0 Å². The van der Waals surface area contributed by atoms with Gasteiger partial charge in [0.15, 0.2) is 0 Å². The fourth-order valence-electron chi connectivity index (χ4n) is 3.13. The maximum Gasteiger partial charge on any atom is 0.277 e. The first-order valence-corrected chi connectivity index (χ1v) is 10.6. The highest BCUT2D eigenvalue weighted by Gasteiger charge is 2.18. The summed E-state index contributed by atoms with van der Waals surface area (Å²) in [6, 6.07) is 14.9. The monoisotopic (exact) mass is 438 g/mol. The summed E-state index contributed by atoms with van der Waals surface area (Å²) in [5.74, 6) is -0.243. The molecule has 0 saturated heterocycles. The van der Waals surface area contributed by atoms with Crippen LogP contribution in [-0.4, -0.2) is 20.7 Å². The summed E-state index contributed by atoms with van der Waals surface area (Å²) in [5.41, 5.74) is 4.21. The van der Waals surface area contributed by atoms with E-state index in [1.165, 1.54) is 16.0 Å². The number of benzene rings is 2. The van der Waals surface area contributed by atoms with Crippen LogP contribution in [0.1, 0.15) is 16.8 Å². The lowest BCUT2D eigenvalue weighted by Crippen LogP contribution is -2.22. The van der Waals surface area contributed by atoms with Crippen molar-refractivity contribution in [2.75, 3.05) is 5.32 Å². The van der Waals surface area contributed by atoms with E-state index in [9.17, 15) is 9.59 Å². The standard InChI is InChI=1S/C22H19ClN4O2S/c1-13-4-3-5-17(10-13)24-20(28)11-18-14(2)26-27(21(18)29)22-25-19(12-30-22)15-6-8-16(23)9-7-15/h3-10,12,26H,11H2,1-2H3,(H,24,28). The van der Waals surface area contributed by atoms with E-state index < -0.39 is 0 Å². The quantitative estimate of drug-likeness (QED) is 0.472. The van der Waals surface area contributed by atoms with E-state index in [0.717, 1.165) is 16.8 Å². The zero-order chi connectivity index (χ0) is 21.3. The van der Waals surface area contributed by atoms with E-state index in [4.69, 9.17) is 11.6 Å². The van der Waals surface area contributed by atoms with Gasteiger partial charge in [0.1, 0.15) is 0 Å². The number of nitrogens with one attached hydrogen (secondary N) is 2. The van der Waals surface area contributed by atoms with Crippen molar-refractivity contribution >= 4 is 34.5 Å². The summed E-state index contributed by atoms with van der Waals surface area (Å²) in [6.07, 6.45) is -0.0163. The highest BCUT2D eigenvalue weighted by Crippen LogP contribution is 2.25.